The first-order valence-electron chi connectivity index (χ1n) is 48.7. The number of likely N-dealkylation sites (N-methyl/N-ethyl adjacent to an activating group) is 1. The van der Waals surface area contributed by atoms with Gasteiger partial charge in [-0.2, -0.15) is 15.5 Å². The van der Waals surface area contributed by atoms with E-state index >= 15 is 0 Å². The normalized spacial score (nSPS) is 17.8. The molecule has 5 unspecified atom stereocenters. The molecular weight excluding hydrogens is 1640 g/mol. The van der Waals surface area contributed by atoms with Gasteiger partial charge in [0.05, 0.1) is 96.5 Å². The van der Waals surface area contributed by atoms with Crippen LogP contribution in [0.2, 0.25) is 0 Å². The van der Waals surface area contributed by atoms with Crippen molar-refractivity contribution in [3.8, 4) is 29.4 Å². The van der Waals surface area contributed by atoms with Crippen LogP contribution in [-0.4, -0.2) is 182 Å². The third-order valence-corrected chi connectivity index (χ3v) is 26.7. The zero-order valence-electron chi connectivity index (χ0n) is 78.3. The van der Waals surface area contributed by atoms with Crippen molar-refractivity contribution in [2.75, 3.05) is 86.8 Å². The maximum Gasteiger partial charge on any atom is 0.327 e. The number of unbranched alkanes of at least 4 members (excludes halogenated alkanes) is 45. The summed E-state index contributed by atoms with van der Waals surface area (Å²) < 4.78 is 82.2. The van der Waals surface area contributed by atoms with E-state index in [0.717, 1.165) is 57.8 Å². The zero-order valence-corrected chi connectivity index (χ0v) is 80.7. The number of aliphatic imine (C=N–C) groups is 3. The average Bonchev–Trinajstić information content (AvgIpc) is 1.60. The molecule has 29 heteroatoms. The summed E-state index contributed by atoms with van der Waals surface area (Å²) in [6, 6.07) is 6.71. The SMILES string of the molecule is [3H]OCCC[C@H]1O[C@@H](N2C=NC3C(OP(C)(=S)OCCC#N)=NC(NC(=O)C(C)C)=NC32)[C@@H](OC)C1OP(=S)(OCCC#N)OCCOC(=O)CCC(=O)OCCN(C)C(=O)c1cc(OCCCCCCCCCCCCCCCCCC)c(OCCCCCCCCCCCCCCCCCC)c(OCCCCCCCCCCCCCCCCCC)c1. The minimum absolute atomic E-state index is 0.0252. The van der Waals surface area contributed by atoms with Gasteiger partial charge in [0.25, 0.3) is 5.91 Å². The summed E-state index contributed by atoms with van der Waals surface area (Å²) >= 11 is 11.7. The second-order valence-corrected chi connectivity index (χ2v) is 40.8. The van der Waals surface area contributed by atoms with E-state index in [2.05, 4.69) is 36.2 Å². The van der Waals surface area contributed by atoms with Crippen molar-refractivity contribution in [2.24, 2.45) is 20.9 Å². The molecule has 8 atom stereocenters. The summed E-state index contributed by atoms with van der Waals surface area (Å²) in [6.07, 6.45) is 58.0. The van der Waals surface area contributed by atoms with Gasteiger partial charge < -0.3 is 66.2 Å². The second kappa shape index (κ2) is 71.0. The number of carbonyl (C=O) groups is 4. The number of hydrogen-bond donors (Lipinski definition) is 2. The third kappa shape index (κ3) is 50.0. The number of rotatable bonds is 81. The predicted molar refractivity (Wildman–Crippen MR) is 500 cm³/mol. The topological polar surface area (TPSA) is 302 Å². The van der Waals surface area contributed by atoms with Crippen LogP contribution in [0.5, 0.6) is 17.2 Å². The van der Waals surface area contributed by atoms with Crippen molar-refractivity contribution in [3.63, 3.8) is 0 Å². The molecule has 3 aliphatic rings. The highest BCUT2D eigenvalue weighted by Crippen LogP contribution is 2.54. The number of nitrogens with zero attached hydrogens (tertiary/aromatic N) is 7. The summed E-state index contributed by atoms with van der Waals surface area (Å²) in [4.78, 5) is 71.2. The van der Waals surface area contributed by atoms with Gasteiger partial charge >= 0.3 is 18.7 Å². The highest BCUT2D eigenvalue weighted by molar-refractivity contribution is 8.09. The Morgan fingerprint density at radius 2 is 0.984 bits per heavy atom. The number of hydrogen-bond acceptors (Lipinski definition) is 25. The lowest BCUT2D eigenvalue weighted by atomic mass is 10.0. The van der Waals surface area contributed by atoms with Crippen LogP contribution >= 0.6 is 13.2 Å². The Morgan fingerprint density at radius 1 is 0.569 bits per heavy atom. The number of benzene rings is 1. The number of nitriles is 2. The fourth-order valence-electron chi connectivity index (χ4n) is 15.3. The predicted octanol–water partition coefficient (Wildman–Crippen LogP) is 23.1. The molecule has 1 aromatic carbocycles. The number of nitrogens with one attached hydrogen (secondary N) is 1. The molecule has 1 aromatic rings. The number of aliphatic hydroxyl groups is 1. The molecule has 4 rings (SSSR count). The molecular formula is C94H164N8O17P2S2. The van der Waals surface area contributed by atoms with Gasteiger partial charge in [0.1, 0.15) is 25.4 Å². The van der Waals surface area contributed by atoms with E-state index in [9.17, 15) is 24.4 Å². The summed E-state index contributed by atoms with van der Waals surface area (Å²) in [5, 5.41) is 26.1. The van der Waals surface area contributed by atoms with Crippen LogP contribution < -0.4 is 19.5 Å². The number of amides is 2. The standard InChI is InChI=1S/C94H164N8O17P2S2/c1-9-12-15-18-21-24-27-30-33-36-39-42-45-48-51-54-67-109-81-75-79(76-82(110-68-55-52-49-46-43-40-37-34-31-28-25-22-19-16-13-10-2)86(81)113-69-56-53-50-47-44-41-38-35-32-29-26-23-20-17-14-11-3)92(107)101(6)65-72-111-83(104)61-62-84(105)112-73-74-116-121(123,115-71-59-64-96)118-87-80(60-57-66-103)117-93(88(87)108-7)102-77-97-85-89(102)98-94(99-90(106)78(4)5)100-91(85)119-120(8,122)114-70-58-63-95/h75-78,80,85,87-89,93,103H,9-62,65-74H2,1-8H3,(H,98,99,106)/t80-,85?,87?,88+,89?,93-,120?,121?/m1/s1/i103T. The van der Waals surface area contributed by atoms with E-state index in [1.165, 1.54) is 269 Å². The van der Waals surface area contributed by atoms with Crippen LogP contribution in [0.15, 0.2) is 27.1 Å². The van der Waals surface area contributed by atoms with Gasteiger partial charge in [0, 0.05) is 38.9 Å². The van der Waals surface area contributed by atoms with Crippen molar-refractivity contribution in [1.82, 2.24) is 15.1 Å². The first kappa shape index (κ1) is 109. The molecule has 0 radical (unpaired) electrons. The van der Waals surface area contributed by atoms with Gasteiger partial charge in [-0.05, 0) is 67.9 Å². The Labute approximate surface area is 754 Å². The van der Waals surface area contributed by atoms with E-state index < -0.39 is 67.8 Å². The molecule has 3 heterocycles. The molecule has 0 aromatic heterocycles. The summed E-state index contributed by atoms with van der Waals surface area (Å²) in [5.41, 5.74) is 0.370. The Balaban J connectivity index is 1.39. The van der Waals surface area contributed by atoms with E-state index in [4.69, 9.17) is 96.1 Å². The monoisotopic (exact) mass is 1810 g/mol. The van der Waals surface area contributed by atoms with Gasteiger partial charge in [-0.3, -0.25) is 34.0 Å². The number of aliphatic hydroxyl groups excluding tert-OH is 1. The van der Waals surface area contributed by atoms with Crippen molar-refractivity contribution in [1.29, 1.82) is 12.0 Å². The molecule has 704 valence electrons. The molecule has 2 amide bonds. The zero-order chi connectivity index (χ0) is 89.8. The Hall–Kier alpha value is -4.89. The van der Waals surface area contributed by atoms with Gasteiger partial charge in [-0.15, -0.1) is 0 Å². The van der Waals surface area contributed by atoms with Crippen LogP contribution in [0.4, 0.5) is 0 Å². The first-order valence-corrected chi connectivity index (χ1v) is 53.9. The second-order valence-electron chi connectivity index (χ2n) is 33.8. The Kier molecular flexibility index (Phi) is 62.7. The Morgan fingerprint density at radius 3 is 1.41 bits per heavy atom. The minimum atomic E-state index is -3.86. The van der Waals surface area contributed by atoms with Gasteiger partial charge in [0.2, 0.25) is 31.4 Å². The fourth-order valence-corrected chi connectivity index (χ4v) is 18.8. The molecule has 1 fully saturated rings. The van der Waals surface area contributed by atoms with Crippen molar-refractivity contribution in [3.05, 3.63) is 17.7 Å². The van der Waals surface area contributed by atoms with Crippen molar-refractivity contribution in [2.45, 2.75) is 418 Å². The molecule has 0 spiro atoms. The first-order chi connectivity index (χ1) is 60.4. The third-order valence-electron chi connectivity index (χ3n) is 22.6. The number of esters is 2. The van der Waals surface area contributed by atoms with Gasteiger partial charge in [-0.1, -0.05) is 324 Å². The van der Waals surface area contributed by atoms with Crippen LogP contribution in [-0.2, 0) is 79.6 Å². The lowest BCUT2D eigenvalue weighted by Gasteiger charge is -2.35. The molecule has 3 aliphatic heterocycles. The van der Waals surface area contributed by atoms with Crippen LogP contribution in [0.25, 0.3) is 0 Å². The number of guanidine groups is 1. The number of ether oxygens (including phenoxy) is 7. The number of carbonyl (C=O) groups excluding carboxylic acids is 4. The van der Waals surface area contributed by atoms with Crippen molar-refractivity contribution >= 4 is 78.8 Å². The molecule has 2 N–H and O–H groups in total. The van der Waals surface area contributed by atoms with Crippen LogP contribution in [0.3, 0.4) is 0 Å². The largest absolute Gasteiger partial charge is 0.490 e. The molecule has 0 saturated carbocycles. The lowest BCUT2D eigenvalue weighted by molar-refractivity contribution is -0.150. The molecule has 1 saturated heterocycles. The van der Waals surface area contributed by atoms with E-state index in [1.54, 1.807) is 44.6 Å². The molecule has 25 nitrogen and oxygen atoms in total. The van der Waals surface area contributed by atoms with Crippen LogP contribution in [0.1, 0.15) is 392 Å². The maximum atomic E-state index is 14.6. The highest BCUT2D eigenvalue weighted by Gasteiger charge is 2.54. The summed E-state index contributed by atoms with van der Waals surface area (Å²) in [6.45, 7) is 5.60. The maximum absolute atomic E-state index is 14.6. The van der Waals surface area contributed by atoms with E-state index in [0.29, 0.717) is 49.1 Å². The molecule has 0 bridgehead atoms. The average molecular weight is 1810 g/mol. The van der Waals surface area contributed by atoms with Gasteiger partial charge in [-0.25, -0.2) is 4.99 Å². The van der Waals surface area contributed by atoms with E-state index in [-0.39, 0.29) is 102 Å². The summed E-state index contributed by atoms with van der Waals surface area (Å²) in [5.74, 6) is -1.02. The quantitative estimate of drug-likeness (QED) is 0.0348. The number of fused-ring (bicyclic) bond motifs is 1. The van der Waals surface area contributed by atoms with Crippen LogP contribution in [0, 0.1) is 28.6 Å². The van der Waals surface area contributed by atoms with Crippen molar-refractivity contribution < 1.29 is 80.1 Å². The minimum Gasteiger partial charge on any atom is -0.490 e. The molecule has 0 aliphatic carbocycles. The molecule has 123 heavy (non-hydrogen) atoms. The number of methoxy groups -OCH3 is 1. The fraction of sp³-hybridized carbons (Fsp3) is 0.840. The summed E-state index contributed by atoms with van der Waals surface area (Å²) in [7, 11) is 3.11. The highest BCUT2D eigenvalue weighted by atomic mass is 32.5. The Bertz CT molecular complexity index is 3240. The smallest absolute Gasteiger partial charge is 0.327 e. The van der Waals surface area contributed by atoms with E-state index in [1.807, 2.05) is 12.1 Å². The lowest BCUT2D eigenvalue weighted by Crippen LogP contribution is -2.52. The van der Waals surface area contributed by atoms with Gasteiger partial charge in [0.15, 0.2) is 29.9 Å².